The predicted octanol–water partition coefficient (Wildman–Crippen LogP) is 2.82. The first-order valence-electron chi connectivity index (χ1n) is 10.0. The topological polar surface area (TPSA) is 130 Å². The first kappa shape index (κ1) is 24.1. The molecular weight excluding hydrogens is 493 g/mol. The molecule has 3 N–H and O–H groups in total. The first-order valence-corrected chi connectivity index (χ1v) is 10.4. The summed E-state index contributed by atoms with van der Waals surface area (Å²) in [5.41, 5.74) is -2.42. The number of aromatic nitrogens is 4. The molecule has 0 saturated carbocycles. The van der Waals surface area contributed by atoms with Gasteiger partial charge in [-0.05, 0) is 36.2 Å². The average Bonchev–Trinajstić information content (AvgIpc) is 3.11. The third-order valence-corrected chi connectivity index (χ3v) is 5.83. The first-order chi connectivity index (χ1) is 16.4. The Kier molecular flexibility index (Phi) is 5.93. The summed E-state index contributed by atoms with van der Waals surface area (Å²) in [4.78, 5) is 54.4. The molecule has 0 atom stereocenters. The SMILES string of the molecule is Cc1cc2[nH]c(=O)[nH]c2cc1-n1cc(CC(=O)O)c(=O)n(Cc2cccc(C(F)(F)F)c2Cl)c1=O. The number of nitrogens with one attached hydrogen (secondary N) is 2. The molecule has 2 aromatic carbocycles. The molecule has 182 valence electrons. The smallest absolute Gasteiger partial charge is 0.417 e. The maximum Gasteiger partial charge on any atom is 0.417 e. The second-order valence-electron chi connectivity index (χ2n) is 7.81. The number of aromatic amines is 2. The monoisotopic (exact) mass is 508 g/mol. The summed E-state index contributed by atoms with van der Waals surface area (Å²) in [5.74, 6) is -1.35. The molecule has 0 aliphatic heterocycles. The van der Waals surface area contributed by atoms with Crippen LogP contribution in [0.4, 0.5) is 13.2 Å². The molecule has 0 amide bonds. The van der Waals surface area contributed by atoms with E-state index in [0.29, 0.717) is 21.2 Å². The van der Waals surface area contributed by atoms with Crippen LogP contribution in [0.3, 0.4) is 0 Å². The Balaban J connectivity index is 1.96. The van der Waals surface area contributed by atoms with Crippen LogP contribution in [0.15, 0.2) is 50.9 Å². The van der Waals surface area contributed by atoms with E-state index in [0.717, 1.165) is 22.9 Å². The van der Waals surface area contributed by atoms with Crippen LogP contribution in [0.5, 0.6) is 0 Å². The van der Waals surface area contributed by atoms with Gasteiger partial charge in [-0.2, -0.15) is 13.2 Å². The molecule has 4 rings (SSSR count). The highest BCUT2D eigenvalue weighted by atomic mass is 35.5. The highest BCUT2D eigenvalue weighted by Crippen LogP contribution is 2.36. The molecule has 35 heavy (non-hydrogen) atoms. The number of carboxylic acid groups (broad SMARTS) is 1. The second-order valence-corrected chi connectivity index (χ2v) is 8.19. The molecule has 0 unspecified atom stereocenters. The van der Waals surface area contributed by atoms with E-state index in [4.69, 9.17) is 11.6 Å². The Bertz CT molecular complexity index is 1660. The second kappa shape index (κ2) is 8.62. The molecular formula is C22H16ClF3N4O5. The maximum atomic E-state index is 13.4. The van der Waals surface area contributed by atoms with Gasteiger partial charge in [0.15, 0.2) is 0 Å². The van der Waals surface area contributed by atoms with Crippen LogP contribution in [0.1, 0.15) is 22.3 Å². The van der Waals surface area contributed by atoms with Crippen molar-refractivity contribution in [2.75, 3.05) is 0 Å². The largest absolute Gasteiger partial charge is 0.481 e. The average molecular weight is 509 g/mol. The van der Waals surface area contributed by atoms with Crippen LogP contribution in [-0.4, -0.2) is 30.2 Å². The Labute approximate surface area is 198 Å². The van der Waals surface area contributed by atoms with Gasteiger partial charge in [0.1, 0.15) is 0 Å². The van der Waals surface area contributed by atoms with Gasteiger partial charge in [0.05, 0.1) is 40.3 Å². The Morgan fingerprint density at radius 3 is 2.37 bits per heavy atom. The van der Waals surface area contributed by atoms with Crippen molar-refractivity contribution >= 4 is 28.6 Å². The van der Waals surface area contributed by atoms with Crippen LogP contribution in [0.25, 0.3) is 16.7 Å². The van der Waals surface area contributed by atoms with Gasteiger partial charge in [0, 0.05) is 11.8 Å². The van der Waals surface area contributed by atoms with Crippen LogP contribution in [-0.2, 0) is 23.9 Å². The number of alkyl halides is 3. The summed E-state index contributed by atoms with van der Waals surface area (Å²) >= 11 is 5.95. The Hall–Kier alpha value is -4.06. The molecule has 2 heterocycles. The van der Waals surface area contributed by atoms with Crippen molar-refractivity contribution < 1.29 is 23.1 Å². The number of hydrogen-bond acceptors (Lipinski definition) is 4. The van der Waals surface area contributed by atoms with E-state index in [-0.39, 0.29) is 16.8 Å². The number of fused-ring (bicyclic) bond motifs is 1. The Morgan fingerprint density at radius 1 is 1.09 bits per heavy atom. The third kappa shape index (κ3) is 4.52. The summed E-state index contributed by atoms with van der Waals surface area (Å²) in [6.07, 6.45) is -4.43. The zero-order valence-electron chi connectivity index (χ0n) is 17.9. The minimum absolute atomic E-state index is 0.151. The fraction of sp³-hybridized carbons (Fsp3) is 0.182. The van der Waals surface area contributed by atoms with Crippen molar-refractivity contribution in [3.63, 3.8) is 0 Å². The van der Waals surface area contributed by atoms with E-state index in [1.807, 2.05) is 0 Å². The van der Waals surface area contributed by atoms with E-state index in [2.05, 4.69) is 9.97 Å². The molecule has 0 radical (unpaired) electrons. The van der Waals surface area contributed by atoms with Gasteiger partial charge in [-0.15, -0.1) is 0 Å². The van der Waals surface area contributed by atoms with E-state index in [9.17, 15) is 37.5 Å². The van der Waals surface area contributed by atoms with E-state index >= 15 is 0 Å². The number of hydrogen-bond donors (Lipinski definition) is 3. The molecule has 2 aromatic heterocycles. The van der Waals surface area contributed by atoms with Gasteiger partial charge in [-0.1, -0.05) is 23.7 Å². The molecule has 4 aromatic rings. The van der Waals surface area contributed by atoms with Crippen molar-refractivity contribution in [2.45, 2.75) is 26.1 Å². The van der Waals surface area contributed by atoms with Gasteiger partial charge in [0.2, 0.25) is 0 Å². The number of aliphatic carboxylic acids is 1. The summed E-state index contributed by atoms with van der Waals surface area (Å²) in [5, 5.41) is 8.57. The molecule has 13 heteroatoms. The fourth-order valence-electron chi connectivity index (χ4n) is 3.78. The van der Waals surface area contributed by atoms with Crippen LogP contribution >= 0.6 is 11.6 Å². The predicted molar refractivity (Wildman–Crippen MR) is 120 cm³/mol. The van der Waals surface area contributed by atoms with Crippen LogP contribution in [0, 0.1) is 6.92 Å². The highest BCUT2D eigenvalue weighted by molar-refractivity contribution is 6.32. The standard InChI is InChI=1S/C22H16ClF3N4O5/c1-10-5-14-15(28-20(34)27-14)7-16(10)29-9-12(6-17(31)32)19(33)30(21(29)35)8-11-3-2-4-13(18(11)23)22(24,25)26/h2-5,7,9H,6,8H2,1H3,(H,31,32)(H2,27,28,34). The van der Waals surface area contributed by atoms with Gasteiger partial charge in [-0.3, -0.25) is 18.7 Å². The minimum atomic E-state index is -4.76. The number of halogens is 4. The molecule has 0 spiro atoms. The van der Waals surface area contributed by atoms with E-state index in [1.165, 1.54) is 12.1 Å². The molecule has 0 fully saturated rings. The number of imidazole rings is 1. The lowest BCUT2D eigenvalue weighted by molar-refractivity contribution is -0.138. The van der Waals surface area contributed by atoms with Crippen molar-refractivity contribution in [1.29, 1.82) is 0 Å². The zero-order valence-corrected chi connectivity index (χ0v) is 18.6. The summed E-state index contributed by atoms with van der Waals surface area (Å²) in [7, 11) is 0. The number of carboxylic acids is 1. The number of benzene rings is 2. The summed E-state index contributed by atoms with van der Waals surface area (Å²) in [6, 6.07) is 6.13. The third-order valence-electron chi connectivity index (χ3n) is 5.39. The zero-order chi connectivity index (χ0) is 25.7. The lowest BCUT2D eigenvalue weighted by Gasteiger charge is -2.16. The lowest BCUT2D eigenvalue weighted by Crippen LogP contribution is -2.41. The molecule has 9 nitrogen and oxygen atoms in total. The quantitative estimate of drug-likeness (QED) is 0.382. The summed E-state index contributed by atoms with van der Waals surface area (Å²) < 4.78 is 41.5. The van der Waals surface area contributed by atoms with Crippen molar-refractivity contribution in [2.24, 2.45) is 0 Å². The Morgan fingerprint density at radius 2 is 1.74 bits per heavy atom. The molecule has 0 aliphatic rings. The number of aryl methyl sites for hydroxylation is 1. The van der Waals surface area contributed by atoms with Gasteiger partial charge >= 0.3 is 23.5 Å². The van der Waals surface area contributed by atoms with Crippen molar-refractivity contribution in [1.82, 2.24) is 19.1 Å². The number of nitrogens with zero attached hydrogens (tertiary/aromatic N) is 2. The number of rotatable bonds is 5. The van der Waals surface area contributed by atoms with Crippen molar-refractivity contribution in [3.05, 3.63) is 95.1 Å². The number of H-pyrrole nitrogens is 2. The van der Waals surface area contributed by atoms with E-state index < -0.39 is 52.6 Å². The molecule has 0 saturated heterocycles. The summed E-state index contributed by atoms with van der Waals surface area (Å²) in [6.45, 7) is 0.999. The molecule has 0 bridgehead atoms. The van der Waals surface area contributed by atoms with Gasteiger partial charge in [-0.25, -0.2) is 9.59 Å². The number of carbonyl (C=O) groups is 1. The maximum absolute atomic E-state index is 13.4. The van der Waals surface area contributed by atoms with Gasteiger partial charge in [0.25, 0.3) is 5.56 Å². The van der Waals surface area contributed by atoms with Crippen LogP contribution < -0.4 is 16.9 Å². The van der Waals surface area contributed by atoms with E-state index in [1.54, 1.807) is 13.0 Å². The minimum Gasteiger partial charge on any atom is -0.481 e. The highest BCUT2D eigenvalue weighted by Gasteiger charge is 2.34. The lowest BCUT2D eigenvalue weighted by atomic mass is 10.1. The fourth-order valence-corrected chi connectivity index (χ4v) is 4.08. The molecule has 0 aliphatic carbocycles. The normalized spacial score (nSPS) is 11.8. The van der Waals surface area contributed by atoms with Gasteiger partial charge < -0.3 is 15.1 Å². The van der Waals surface area contributed by atoms with Crippen molar-refractivity contribution in [3.8, 4) is 5.69 Å². The van der Waals surface area contributed by atoms with Crippen LogP contribution in [0.2, 0.25) is 5.02 Å².